The van der Waals surface area contributed by atoms with Gasteiger partial charge >= 0.3 is 0 Å². The van der Waals surface area contributed by atoms with E-state index in [9.17, 15) is 19.8 Å². The molecule has 192 valence electrons. The highest BCUT2D eigenvalue weighted by atomic mass is 79.9. The highest BCUT2D eigenvalue weighted by molar-refractivity contribution is 9.10. The van der Waals surface area contributed by atoms with Crippen LogP contribution in [0.2, 0.25) is 0 Å². The molecule has 0 aromatic heterocycles. The van der Waals surface area contributed by atoms with E-state index in [0.29, 0.717) is 34.5 Å². The molecule has 1 aliphatic rings. The van der Waals surface area contributed by atoms with Gasteiger partial charge in [-0.3, -0.25) is 9.59 Å². The van der Waals surface area contributed by atoms with Gasteiger partial charge in [0.15, 0.2) is 11.5 Å². The monoisotopic (exact) mass is 558 g/mol. The van der Waals surface area contributed by atoms with Gasteiger partial charge in [-0.1, -0.05) is 26.5 Å². The van der Waals surface area contributed by atoms with E-state index >= 15 is 0 Å². The summed E-state index contributed by atoms with van der Waals surface area (Å²) in [5, 5.41) is 21.6. The van der Waals surface area contributed by atoms with Gasteiger partial charge in [-0.05, 0) is 71.0 Å². The Bertz CT molecular complexity index is 1160. The van der Waals surface area contributed by atoms with Crippen molar-refractivity contribution in [3.05, 3.63) is 70.2 Å². The van der Waals surface area contributed by atoms with Crippen molar-refractivity contribution in [3.8, 4) is 17.2 Å². The molecule has 1 heterocycles. The summed E-state index contributed by atoms with van der Waals surface area (Å²) < 4.78 is 11.1. The summed E-state index contributed by atoms with van der Waals surface area (Å²) in [6, 6.07) is 8.92. The normalized spacial score (nSPS) is 17.0. The number of ether oxygens (including phenoxy) is 2. The SMILES string of the molecule is C=CCOc1ccc(C(O)=C2C(=O)C(=O)N(CCN(CC)CC)[C@@H]2c2cc(Br)c(O)c(OC)c2)cc1. The van der Waals surface area contributed by atoms with Gasteiger partial charge in [0.1, 0.15) is 18.1 Å². The predicted octanol–water partition coefficient (Wildman–Crippen LogP) is 4.49. The van der Waals surface area contributed by atoms with Crippen molar-refractivity contribution >= 4 is 33.4 Å². The number of amides is 1. The number of aromatic hydroxyl groups is 1. The van der Waals surface area contributed by atoms with Gasteiger partial charge in [-0.15, -0.1) is 0 Å². The molecule has 1 amide bonds. The molecule has 9 heteroatoms. The molecular weight excluding hydrogens is 528 g/mol. The van der Waals surface area contributed by atoms with E-state index in [1.807, 2.05) is 13.8 Å². The standard InChI is InChI=1S/C27H31BrN2O6/c1-5-14-36-19-10-8-17(9-11-19)24(31)22-23(18-15-20(28)25(32)21(16-18)35-4)30(27(34)26(22)33)13-12-29(6-2)7-3/h5,8-11,15-16,23,31-32H,1,6-7,12-14H2,2-4H3/t23-/m1/s1. The van der Waals surface area contributed by atoms with Crippen LogP contribution in [0.15, 0.2) is 59.1 Å². The van der Waals surface area contributed by atoms with Crippen molar-refractivity contribution in [2.24, 2.45) is 0 Å². The number of carbonyl (C=O) groups is 2. The average molecular weight is 559 g/mol. The van der Waals surface area contributed by atoms with Crippen molar-refractivity contribution in [1.82, 2.24) is 9.80 Å². The Balaban J connectivity index is 2.13. The maximum Gasteiger partial charge on any atom is 0.295 e. The summed E-state index contributed by atoms with van der Waals surface area (Å²) in [6.45, 7) is 10.4. The minimum absolute atomic E-state index is 0.0288. The maximum atomic E-state index is 13.3. The molecule has 3 rings (SSSR count). The van der Waals surface area contributed by atoms with Crippen LogP contribution in [0.3, 0.4) is 0 Å². The summed E-state index contributed by atoms with van der Waals surface area (Å²) >= 11 is 3.32. The number of aliphatic hydroxyl groups is 1. The topological polar surface area (TPSA) is 99.5 Å². The summed E-state index contributed by atoms with van der Waals surface area (Å²) in [5.74, 6) is -1.10. The highest BCUT2D eigenvalue weighted by Crippen LogP contribution is 2.44. The number of methoxy groups -OCH3 is 1. The predicted molar refractivity (Wildman–Crippen MR) is 141 cm³/mol. The molecule has 2 N–H and O–H groups in total. The van der Waals surface area contributed by atoms with Crippen LogP contribution in [0.4, 0.5) is 0 Å². The molecule has 1 fully saturated rings. The third kappa shape index (κ3) is 5.57. The van der Waals surface area contributed by atoms with E-state index in [1.165, 1.54) is 12.0 Å². The first-order valence-corrected chi connectivity index (χ1v) is 12.5. The molecule has 8 nitrogen and oxygen atoms in total. The van der Waals surface area contributed by atoms with E-state index in [2.05, 4.69) is 27.4 Å². The molecule has 0 unspecified atom stereocenters. The molecule has 2 aromatic rings. The first-order chi connectivity index (χ1) is 17.3. The van der Waals surface area contributed by atoms with Crippen molar-refractivity contribution in [2.75, 3.05) is 39.9 Å². The second kappa shape index (κ2) is 12.1. The molecule has 0 aliphatic carbocycles. The Kier molecular flexibility index (Phi) is 9.17. The fraction of sp³-hybridized carbons (Fsp3) is 0.333. The fourth-order valence-electron chi connectivity index (χ4n) is 4.17. The van der Waals surface area contributed by atoms with Gasteiger partial charge in [0.2, 0.25) is 0 Å². The number of nitrogens with zero attached hydrogens (tertiary/aromatic N) is 2. The lowest BCUT2D eigenvalue weighted by atomic mass is 9.95. The van der Waals surface area contributed by atoms with Gasteiger partial charge in [-0.25, -0.2) is 0 Å². The van der Waals surface area contributed by atoms with Gasteiger partial charge in [0.05, 0.1) is 23.2 Å². The van der Waals surface area contributed by atoms with Gasteiger partial charge in [0, 0.05) is 18.7 Å². The van der Waals surface area contributed by atoms with Gasteiger partial charge in [-0.2, -0.15) is 0 Å². The Morgan fingerprint density at radius 1 is 1.19 bits per heavy atom. The largest absolute Gasteiger partial charge is 0.507 e. The summed E-state index contributed by atoms with van der Waals surface area (Å²) in [6.07, 6.45) is 1.62. The van der Waals surface area contributed by atoms with E-state index in [4.69, 9.17) is 9.47 Å². The number of benzene rings is 2. The molecular formula is C27H31BrN2O6. The highest BCUT2D eigenvalue weighted by Gasteiger charge is 2.46. The number of halogens is 1. The Morgan fingerprint density at radius 3 is 2.44 bits per heavy atom. The van der Waals surface area contributed by atoms with E-state index < -0.39 is 17.7 Å². The minimum Gasteiger partial charge on any atom is -0.507 e. The number of phenols is 1. The van der Waals surface area contributed by atoms with Crippen LogP contribution in [-0.2, 0) is 9.59 Å². The number of aliphatic hydroxyl groups excluding tert-OH is 1. The van der Waals surface area contributed by atoms with Crippen LogP contribution in [0.25, 0.3) is 5.76 Å². The molecule has 1 aliphatic heterocycles. The van der Waals surface area contributed by atoms with Gasteiger partial charge < -0.3 is 29.5 Å². The Hall–Kier alpha value is -3.30. The number of Topliss-reactive ketones (excluding diaryl/α,β-unsaturated/α-hetero) is 1. The van der Waals surface area contributed by atoms with Crippen molar-refractivity contribution in [2.45, 2.75) is 19.9 Å². The Labute approximate surface area is 219 Å². The lowest BCUT2D eigenvalue weighted by Crippen LogP contribution is -2.38. The van der Waals surface area contributed by atoms with Crippen LogP contribution in [-0.4, -0.2) is 71.6 Å². The quantitative estimate of drug-likeness (QED) is 0.181. The van der Waals surface area contributed by atoms with Crippen LogP contribution >= 0.6 is 15.9 Å². The first kappa shape index (κ1) is 27.3. The third-order valence-corrected chi connectivity index (χ3v) is 6.78. The molecule has 0 bridgehead atoms. The van der Waals surface area contributed by atoms with Crippen molar-refractivity contribution in [3.63, 3.8) is 0 Å². The number of carbonyl (C=O) groups excluding carboxylic acids is 2. The molecule has 0 spiro atoms. The van der Waals surface area contributed by atoms with Gasteiger partial charge in [0.25, 0.3) is 11.7 Å². The summed E-state index contributed by atoms with van der Waals surface area (Å²) in [4.78, 5) is 30.1. The Morgan fingerprint density at radius 2 is 1.86 bits per heavy atom. The zero-order valence-electron chi connectivity index (χ0n) is 20.7. The number of rotatable bonds is 11. The van der Waals surface area contributed by atoms with E-state index in [0.717, 1.165) is 13.1 Å². The second-order valence-electron chi connectivity index (χ2n) is 8.20. The van der Waals surface area contributed by atoms with E-state index in [1.54, 1.807) is 42.5 Å². The molecule has 0 radical (unpaired) electrons. The number of hydrogen-bond donors (Lipinski definition) is 2. The molecule has 0 saturated carbocycles. The van der Waals surface area contributed by atoms with Crippen LogP contribution in [0.5, 0.6) is 17.2 Å². The van der Waals surface area contributed by atoms with Crippen molar-refractivity contribution in [1.29, 1.82) is 0 Å². The lowest BCUT2D eigenvalue weighted by molar-refractivity contribution is -0.140. The third-order valence-electron chi connectivity index (χ3n) is 6.17. The van der Waals surface area contributed by atoms with Crippen LogP contribution in [0, 0.1) is 0 Å². The minimum atomic E-state index is -0.872. The first-order valence-electron chi connectivity index (χ1n) is 11.7. The molecule has 36 heavy (non-hydrogen) atoms. The number of likely N-dealkylation sites (tertiary alicyclic amines) is 1. The lowest BCUT2D eigenvalue weighted by Gasteiger charge is -2.28. The van der Waals surface area contributed by atoms with E-state index in [-0.39, 0.29) is 29.4 Å². The number of phenolic OH excluding ortho intramolecular Hbond substituents is 1. The molecule has 2 aromatic carbocycles. The number of likely N-dealkylation sites (N-methyl/N-ethyl adjacent to an activating group) is 1. The maximum absolute atomic E-state index is 13.3. The van der Waals surface area contributed by atoms with Crippen LogP contribution in [0.1, 0.15) is 31.0 Å². The zero-order chi connectivity index (χ0) is 26.4. The van der Waals surface area contributed by atoms with Crippen molar-refractivity contribution < 1.29 is 29.3 Å². The fourth-order valence-corrected chi connectivity index (χ4v) is 4.63. The summed E-state index contributed by atoms with van der Waals surface area (Å²) in [7, 11) is 1.42. The summed E-state index contributed by atoms with van der Waals surface area (Å²) in [5.41, 5.74) is 0.860. The smallest absolute Gasteiger partial charge is 0.295 e. The second-order valence-corrected chi connectivity index (χ2v) is 9.05. The number of ketones is 1. The zero-order valence-corrected chi connectivity index (χ0v) is 22.2. The molecule has 1 atom stereocenters. The average Bonchev–Trinajstić information content (AvgIpc) is 3.14. The molecule has 1 saturated heterocycles. The number of hydrogen-bond acceptors (Lipinski definition) is 7. The van der Waals surface area contributed by atoms with Crippen LogP contribution < -0.4 is 9.47 Å².